The van der Waals surface area contributed by atoms with E-state index in [0.29, 0.717) is 12.1 Å². The van der Waals surface area contributed by atoms with E-state index in [1.165, 1.54) is 0 Å². The van der Waals surface area contributed by atoms with E-state index in [4.69, 9.17) is 10.8 Å². The van der Waals surface area contributed by atoms with Crippen LogP contribution in [0.25, 0.3) is 0 Å². The lowest BCUT2D eigenvalue weighted by Crippen LogP contribution is -2.41. The van der Waals surface area contributed by atoms with Crippen LogP contribution in [0, 0.1) is 19.8 Å². The van der Waals surface area contributed by atoms with E-state index in [0.717, 1.165) is 11.4 Å². The molecule has 0 saturated carbocycles. The number of rotatable bonds is 6. The second-order valence-electron chi connectivity index (χ2n) is 5.17. The van der Waals surface area contributed by atoms with Gasteiger partial charge in [0.05, 0.1) is 17.1 Å². The van der Waals surface area contributed by atoms with Gasteiger partial charge in [-0.15, -0.1) is 0 Å². The van der Waals surface area contributed by atoms with Crippen molar-refractivity contribution in [1.82, 2.24) is 15.1 Å². The van der Waals surface area contributed by atoms with E-state index in [2.05, 4.69) is 10.4 Å². The van der Waals surface area contributed by atoms with Gasteiger partial charge in [0, 0.05) is 12.6 Å². The summed E-state index contributed by atoms with van der Waals surface area (Å²) in [6.45, 7) is 7.91. The Bertz CT molecular complexity index is 440. The molecule has 1 atom stereocenters. The van der Waals surface area contributed by atoms with Crippen LogP contribution in [0.3, 0.4) is 0 Å². The summed E-state index contributed by atoms with van der Waals surface area (Å²) in [6, 6.07) is -0.0215. The minimum atomic E-state index is -0.113. The maximum Gasteiger partial charge on any atom is 0.241 e. The number of nitrogens with zero attached hydrogens (tertiary/aromatic N) is 2. The molecule has 1 aromatic heterocycles. The summed E-state index contributed by atoms with van der Waals surface area (Å²) in [6.07, 6.45) is 0.558. The molecule has 6 heteroatoms. The number of aryl methyl sites for hydroxylation is 1. The van der Waals surface area contributed by atoms with Gasteiger partial charge in [-0.05, 0) is 26.2 Å². The Labute approximate surface area is 114 Å². The molecular weight excluding hydrogens is 244 g/mol. The van der Waals surface area contributed by atoms with Crippen molar-refractivity contribution in [3.05, 3.63) is 11.4 Å². The molecule has 1 rings (SSSR count). The van der Waals surface area contributed by atoms with Crippen LogP contribution in [-0.4, -0.2) is 33.4 Å². The average molecular weight is 268 g/mol. The van der Waals surface area contributed by atoms with E-state index >= 15 is 0 Å². The second kappa shape index (κ2) is 6.56. The van der Waals surface area contributed by atoms with Gasteiger partial charge in [-0.25, -0.2) is 0 Å². The minimum absolute atomic E-state index is 0.0215. The highest BCUT2D eigenvalue weighted by Gasteiger charge is 2.17. The van der Waals surface area contributed by atoms with Crippen molar-refractivity contribution in [2.24, 2.45) is 5.92 Å². The lowest BCUT2D eigenvalue weighted by Gasteiger charge is -2.21. The van der Waals surface area contributed by atoms with Crippen LogP contribution < -0.4 is 11.1 Å². The van der Waals surface area contributed by atoms with Crippen LogP contribution >= 0.6 is 0 Å². The van der Waals surface area contributed by atoms with Crippen LogP contribution in [-0.2, 0) is 11.3 Å². The van der Waals surface area contributed by atoms with Crippen LogP contribution in [0.5, 0.6) is 0 Å². The highest BCUT2D eigenvalue weighted by molar-refractivity contribution is 5.76. The molecule has 0 aliphatic carbocycles. The van der Waals surface area contributed by atoms with Crippen LogP contribution in [0.1, 0.15) is 31.7 Å². The van der Waals surface area contributed by atoms with Gasteiger partial charge in [-0.3, -0.25) is 9.48 Å². The molecule has 1 heterocycles. The predicted octanol–water partition coefficient (Wildman–Crippen LogP) is 0.605. The molecule has 0 saturated heterocycles. The zero-order valence-electron chi connectivity index (χ0n) is 12.1. The summed E-state index contributed by atoms with van der Waals surface area (Å²) >= 11 is 0. The Hall–Kier alpha value is -1.56. The maximum absolute atomic E-state index is 12.0. The van der Waals surface area contributed by atoms with Gasteiger partial charge in [-0.2, -0.15) is 5.10 Å². The van der Waals surface area contributed by atoms with Gasteiger partial charge in [0.15, 0.2) is 0 Å². The van der Waals surface area contributed by atoms with Gasteiger partial charge in [0.2, 0.25) is 5.91 Å². The maximum atomic E-state index is 12.0. The number of hydrogen-bond acceptors (Lipinski definition) is 4. The average Bonchev–Trinajstić information content (AvgIpc) is 2.56. The van der Waals surface area contributed by atoms with Crippen molar-refractivity contribution in [2.45, 2.75) is 46.7 Å². The number of nitrogens with two attached hydrogens (primary N) is 1. The number of anilines is 1. The molecule has 19 heavy (non-hydrogen) atoms. The van der Waals surface area contributed by atoms with E-state index in [1.54, 1.807) is 4.68 Å². The Morgan fingerprint density at radius 2 is 2.11 bits per heavy atom. The summed E-state index contributed by atoms with van der Waals surface area (Å²) in [5.41, 5.74) is 7.99. The molecule has 0 spiro atoms. The SMILES string of the molecule is Cc1nn(CC(=O)NC(CCO)C(C)C)c(C)c1N. The van der Waals surface area contributed by atoms with Gasteiger partial charge in [0.1, 0.15) is 6.54 Å². The standard InChI is InChI=1S/C13H24N4O2/c1-8(2)11(5-6-18)15-12(19)7-17-10(4)13(14)9(3)16-17/h8,11,18H,5-7,14H2,1-4H3,(H,15,19). The van der Waals surface area contributed by atoms with Crippen LogP contribution in [0.2, 0.25) is 0 Å². The fraction of sp³-hybridized carbons (Fsp3) is 0.692. The van der Waals surface area contributed by atoms with Crippen molar-refractivity contribution >= 4 is 11.6 Å². The highest BCUT2D eigenvalue weighted by atomic mass is 16.3. The highest BCUT2D eigenvalue weighted by Crippen LogP contribution is 2.14. The first kappa shape index (κ1) is 15.5. The van der Waals surface area contributed by atoms with Crippen molar-refractivity contribution < 1.29 is 9.90 Å². The number of nitrogens with one attached hydrogen (secondary N) is 1. The van der Waals surface area contributed by atoms with Crippen LogP contribution in [0.4, 0.5) is 5.69 Å². The van der Waals surface area contributed by atoms with E-state index in [-0.39, 0.29) is 31.0 Å². The first-order chi connectivity index (χ1) is 8.86. The van der Waals surface area contributed by atoms with Gasteiger partial charge in [0.25, 0.3) is 0 Å². The molecule has 0 aliphatic rings. The first-order valence-electron chi connectivity index (χ1n) is 6.56. The van der Waals surface area contributed by atoms with Gasteiger partial charge < -0.3 is 16.2 Å². The topological polar surface area (TPSA) is 93.2 Å². The molecule has 1 amide bonds. The van der Waals surface area contributed by atoms with Crippen molar-refractivity contribution in [3.8, 4) is 0 Å². The lowest BCUT2D eigenvalue weighted by atomic mass is 10.0. The number of hydrogen-bond donors (Lipinski definition) is 3. The number of amides is 1. The molecule has 1 aromatic rings. The molecule has 108 valence electrons. The Morgan fingerprint density at radius 1 is 1.47 bits per heavy atom. The Balaban J connectivity index is 2.66. The Morgan fingerprint density at radius 3 is 2.53 bits per heavy atom. The number of carbonyl (C=O) groups is 1. The number of nitrogen functional groups attached to an aromatic ring is 1. The lowest BCUT2D eigenvalue weighted by molar-refractivity contribution is -0.123. The Kier molecular flexibility index (Phi) is 5.35. The third-order valence-corrected chi connectivity index (χ3v) is 3.32. The zero-order chi connectivity index (χ0) is 14.6. The molecule has 0 radical (unpaired) electrons. The van der Waals surface area contributed by atoms with E-state index in [9.17, 15) is 4.79 Å². The number of aromatic nitrogens is 2. The van der Waals surface area contributed by atoms with Crippen molar-refractivity contribution in [2.75, 3.05) is 12.3 Å². The molecule has 0 aliphatic heterocycles. The summed E-state index contributed by atoms with van der Waals surface area (Å²) < 4.78 is 1.61. The third kappa shape index (κ3) is 3.96. The summed E-state index contributed by atoms with van der Waals surface area (Å²) in [5, 5.41) is 16.1. The molecule has 4 N–H and O–H groups in total. The van der Waals surface area contributed by atoms with Crippen molar-refractivity contribution in [1.29, 1.82) is 0 Å². The number of aliphatic hydroxyl groups excluding tert-OH is 1. The number of carbonyl (C=O) groups excluding carboxylic acids is 1. The molecular formula is C13H24N4O2. The number of aliphatic hydroxyl groups is 1. The summed E-state index contributed by atoms with van der Waals surface area (Å²) in [5.74, 6) is 0.166. The molecule has 0 fully saturated rings. The second-order valence-corrected chi connectivity index (χ2v) is 5.17. The molecule has 0 aromatic carbocycles. The predicted molar refractivity (Wildman–Crippen MR) is 74.6 cm³/mol. The van der Waals surface area contributed by atoms with E-state index < -0.39 is 0 Å². The smallest absolute Gasteiger partial charge is 0.241 e. The molecule has 6 nitrogen and oxygen atoms in total. The van der Waals surface area contributed by atoms with E-state index in [1.807, 2.05) is 27.7 Å². The fourth-order valence-electron chi connectivity index (χ4n) is 1.96. The molecule has 0 bridgehead atoms. The third-order valence-electron chi connectivity index (χ3n) is 3.32. The minimum Gasteiger partial charge on any atom is -0.396 e. The monoisotopic (exact) mass is 268 g/mol. The quantitative estimate of drug-likeness (QED) is 0.704. The van der Waals surface area contributed by atoms with Crippen LogP contribution in [0.15, 0.2) is 0 Å². The normalized spacial score (nSPS) is 12.7. The zero-order valence-corrected chi connectivity index (χ0v) is 12.1. The van der Waals surface area contributed by atoms with Gasteiger partial charge in [-0.1, -0.05) is 13.8 Å². The first-order valence-corrected chi connectivity index (χ1v) is 6.56. The molecule has 1 unspecified atom stereocenters. The van der Waals surface area contributed by atoms with Crippen molar-refractivity contribution in [3.63, 3.8) is 0 Å². The van der Waals surface area contributed by atoms with Gasteiger partial charge >= 0.3 is 0 Å². The summed E-state index contributed by atoms with van der Waals surface area (Å²) in [7, 11) is 0. The largest absolute Gasteiger partial charge is 0.396 e. The summed E-state index contributed by atoms with van der Waals surface area (Å²) in [4.78, 5) is 12.0. The fourth-order valence-corrected chi connectivity index (χ4v) is 1.96.